The Bertz CT molecular complexity index is 375. The zero-order valence-electron chi connectivity index (χ0n) is 9.42. The van der Waals surface area contributed by atoms with E-state index in [-0.39, 0.29) is 0 Å². The number of aryl methyl sites for hydroxylation is 1. The van der Waals surface area contributed by atoms with Crippen molar-refractivity contribution in [2.45, 2.75) is 39.0 Å². The monoisotopic (exact) mass is 198 g/mol. The molecule has 0 heteroatoms. The third kappa shape index (κ3) is 3.44. The van der Waals surface area contributed by atoms with Crippen molar-refractivity contribution in [1.29, 1.82) is 0 Å². The normalized spacial score (nSPS) is 14.5. The van der Waals surface area contributed by atoms with Crippen LogP contribution in [0.5, 0.6) is 0 Å². The second-order valence-corrected chi connectivity index (χ2v) is 4.35. The molecule has 1 fully saturated rings. The summed E-state index contributed by atoms with van der Waals surface area (Å²) in [6, 6.07) is 8.69. The highest BCUT2D eigenvalue weighted by molar-refractivity contribution is 5.38. The molecule has 0 aromatic heterocycles. The lowest BCUT2D eigenvalue weighted by molar-refractivity contribution is 0.795. The van der Waals surface area contributed by atoms with Gasteiger partial charge in [0.15, 0.2) is 0 Å². The van der Waals surface area contributed by atoms with E-state index in [9.17, 15) is 0 Å². The Kier molecular flexibility index (Phi) is 3.45. The van der Waals surface area contributed by atoms with Crippen LogP contribution >= 0.6 is 0 Å². The molecular weight excluding hydrogens is 180 g/mol. The van der Waals surface area contributed by atoms with E-state index in [1.54, 1.807) is 0 Å². The molecule has 0 atom stereocenters. The van der Waals surface area contributed by atoms with Crippen molar-refractivity contribution >= 4 is 0 Å². The van der Waals surface area contributed by atoms with Gasteiger partial charge in [0.1, 0.15) is 0 Å². The van der Waals surface area contributed by atoms with Crippen molar-refractivity contribution in [2.75, 3.05) is 0 Å². The van der Waals surface area contributed by atoms with Crippen LogP contribution in [-0.4, -0.2) is 0 Å². The second-order valence-electron chi connectivity index (χ2n) is 4.35. The van der Waals surface area contributed by atoms with E-state index in [1.165, 1.54) is 43.2 Å². The van der Waals surface area contributed by atoms with Crippen molar-refractivity contribution < 1.29 is 0 Å². The van der Waals surface area contributed by atoms with E-state index in [2.05, 4.69) is 43.0 Å². The highest BCUT2D eigenvalue weighted by Crippen LogP contribution is 2.27. The Morgan fingerprint density at radius 3 is 2.93 bits per heavy atom. The van der Waals surface area contributed by atoms with E-state index in [4.69, 9.17) is 0 Å². The van der Waals surface area contributed by atoms with Crippen LogP contribution in [0, 0.1) is 17.8 Å². The average Bonchev–Trinajstić information content (AvgIpc) is 3.08. The van der Waals surface area contributed by atoms with Crippen molar-refractivity contribution in [3.63, 3.8) is 0 Å². The Morgan fingerprint density at radius 1 is 1.33 bits per heavy atom. The van der Waals surface area contributed by atoms with Gasteiger partial charge >= 0.3 is 0 Å². The summed E-state index contributed by atoms with van der Waals surface area (Å²) in [5.74, 6) is 7.28. The molecule has 0 nitrogen and oxygen atoms in total. The van der Waals surface area contributed by atoms with Crippen molar-refractivity contribution in [3.05, 3.63) is 35.4 Å². The van der Waals surface area contributed by atoms with Gasteiger partial charge in [-0.15, -0.1) is 0 Å². The molecule has 0 unspecified atom stereocenters. The van der Waals surface area contributed by atoms with Gasteiger partial charge in [-0.1, -0.05) is 37.3 Å². The lowest BCUT2D eigenvalue weighted by atomic mass is 10.1. The van der Waals surface area contributed by atoms with E-state index in [0.717, 1.165) is 0 Å². The zero-order chi connectivity index (χ0) is 10.5. The molecule has 1 aromatic rings. The summed E-state index contributed by atoms with van der Waals surface area (Å²) in [4.78, 5) is 0. The molecule has 15 heavy (non-hydrogen) atoms. The van der Waals surface area contributed by atoms with E-state index >= 15 is 0 Å². The molecule has 0 amide bonds. The van der Waals surface area contributed by atoms with Crippen LogP contribution in [0.3, 0.4) is 0 Å². The molecule has 1 saturated carbocycles. The molecule has 0 spiro atoms. The molecule has 0 saturated heterocycles. The topological polar surface area (TPSA) is 0 Å². The van der Waals surface area contributed by atoms with Crippen LogP contribution < -0.4 is 0 Å². The van der Waals surface area contributed by atoms with Crippen LogP contribution in [0.4, 0.5) is 0 Å². The van der Waals surface area contributed by atoms with Crippen molar-refractivity contribution in [3.8, 4) is 11.8 Å². The Hall–Kier alpha value is -1.22. The SMILES string of the molecule is CCCCc1cccc(C#CC2CC2)c1. The molecule has 0 heterocycles. The van der Waals surface area contributed by atoms with Gasteiger partial charge in [-0.3, -0.25) is 0 Å². The quantitative estimate of drug-likeness (QED) is 0.648. The summed E-state index contributed by atoms with van der Waals surface area (Å²) in [5.41, 5.74) is 2.62. The van der Waals surface area contributed by atoms with Crippen LogP contribution in [-0.2, 0) is 6.42 Å². The maximum absolute atomic E-state index is 3.31. The van der Waals surface area contributed by atoms with Gasteiger partial charge < -0.3 is 0 Å². The minimum Gasteiger partial charge on any atom is -0.0945 e. The number of rotatable bonds is 3. The van der Waals surface area contributed by atoms with Crippen LogP contribution in [0.25, 0.3) is 0 Å². The first-order valence-corrected chi connectivity index (χ1v) is 5.99. The van der Waals surface area contributed by atoms with E-state index in [0.29, 0.717) is 5.92 Å². The van der Waals surface area contributed by atoms with Crippen molar-refractivity contribution in [2.24, 2.45) is 5.92 Å². The first kappa shape index (κ1) is 10.3. The summed E-state index contributed by atoms with van der Waals surface area (Å²) >= 11 is 0. The fourth-order valence-corrected chi connectivity index (χ4v) is 1.60. The van der Waals surface area contributed by atoms with Gasteiger partial charge in [-0.25, -0.2) is 0 Å². The molecule has 2 rings (SSSR count). The van der Waals surface area contributed by atoms with Gasteiger partial charge in [0.25, 0.3) is 0 Å². The predicted molar refractivity (Wildman–Crippen MR) is 64.7 cm³/mol. The first-order valence-electron chi connectivity index (χ1n) is 5.99. The van der Waals surface area contributed by atoms with Crippen LogP contribution in [0.15, 0.2) is 24.3 Å². The largest absolute Gasteiger partial charge is 0.0945 e. The zero-order valence-corrected chi connectivity index (χ0v) is 9.42. The summed E-state index contributed by atoms with van der Waals surface area (Å²) in [5, 5.41) is 0. The number of benzene rings is 1. The van der Waals surface area contributed by atoms with Gasteiger partial charge in [0.2, 0.25) is 0 Å². The van der Waals surface area contributed by atoms with Gasteiger partial charge in [-0.05, 0) is 43.4 Å². The molecule has 1 aliphatic rings. The maximum Gasteiger partial charge on any atom is 0.0248 e. The summed E-state index contributed by atoms with van der Waals surface area (Å²) in [6.45, 7) is 2.23. The highest BCUT2D eigenvalue weighted by atomic mass is 14.2. The smallest absolute Gasteiger partial charge is 0.0248 e. The summed E-state index contributed by atoms with van der Waals surface area (Å²) in [6.07, 6.45) is 6.35. The summed E-state index contributed by atoms with van der Waals surface area (Å²) < 4.78 is 0. The number of unbranched alkanes of at least 4 members (excludes halogenated alkanes) is 1. The Morgan fingerprint density at radius 2 is 2.20 bits per heavy atom. The fraction of sp³-hybridized carbons (Fsp3) is 0.467. The lowest BCUT2D eigenvalue weighted by Crippen LogP contribution is -1.85. The molecule has 0 N–H and O–H groups in total. The Balaban J connectivity index is 2.01. The third-order valence-corrected chi connectivity index (χ3v) is 2.74. The van der Waals surface area contributed by atoms with Crippen LogP contribution in [0.2, 0.25) is 0 Å². The van der Waals surface area contributed by atoms with Gasteiger partial charge in [0.05, 0.1) is 0 Å². The first-order chi connectivity index (χ1) is 7.38. The maximum atomic E-state index is 3.31. The highest BCUT2D eigenvalue weighted by Gasteiger charge is 2.17. The van der Waals surface area contributed by atoms with Gasteiger partial charge in [-0.2, -0.15) is 0 Å². The van der Waals surface area contributed by atoms with E-state index < -0.39 is 0 Å². The molecule has 1 aliphatic carbocycles. The standard InChI is InChI=1S/C15H18/c1-2-3-5-14-6-4-7-15(12-14)11-10-13-8-9-13/h4,6-7,12-13H,2-3,5,8-9H2,1H3. The molecule has 0 bridgehead atoms. The average molecular weight is 198 g/mol. The van der Waals surface area contributed by atoms with E-state index in [1.807, 2.05) is 0 Å². The minimum atomic E-state index is 0.698. The Labute approximate surface area is 92.7 Å². The number of hydrogen-bond donors (Lipinski definition) is 0. The minimum absolute atomic E-state index is 0.698. The molecular formula is C15H18. The molecule has 78 valence electrons. The molecule has 1 aromatic carbocycles. The fourth-order valence-electron chi connectivity index (χ4n) is 1.60. The van der Waals surface area contributed by atoms with Crippen LogP contribution in [0.1, 0.15) is 43.7 Å². The summed E-state index contributed by atoms with van der Waals surface area (Å²) in [7, 11) is 0. The second kappa shape index (κ2) is 5.03. The van der Waals surface area contributed by atoms with Gasteiger partial charge in [0, 0.05) is 11.5 Å². The third-order valence-electron chi connectivity index (χ3n) is 2.74. The lowest BCUT2D eigenvalue weighted by Gasteiger charge is -1.99. The number of hydrogen-bond acceptors (Lipinski definition) is 0. The molecule has 0 aliphatic heterocycles. The molecule has 0 radical (unpaired) electrons. The van der Waals surface area contributed by atoms with Crippen molar-refractivity contribution in [1.82, 2.24) is 0 Å². The predicted octanol–water partition coefficient (Wildman–Crippen LogP) is 3.79.